The largest absolute Gasteiger partial charge is 0.423 e. The van der Waals surface area contributed by atoms with E-state index in [1.807, 2.05) is 25.1 Å². The van der Waals surface area contributed by atoms with E-state index >= 15 is 0 Å². The summed E-state index contributed by atoms with van der Waals surface area (Å²) in [7, 11) is 0. The molecule has 0 saturated carbocycles. The summed E-state index contributed by atoms with van der Waals surface area (Å²) in [5.41, 5.74) is 5.26. The molecule has 1 N–H and O–H groups in total. The molecule has 1 amide bonds. The van der Waals surface area contributed by atoms with Crippen molar-refractivity contribution in [2.45, 2.75) is 6.92 Å². The van der Waals surface area contributed by atoms with Crippen LogP contribution < -0.4 is 10.2 Å². The van der Waals surface area contributed by atoms with Crippen LogP contribution in [0.25, 0.3) is 0 Å². The van der Waals surface area contributed by atoms with E-state index < -0.39 is 5.97 Å². The zero-order valence-corrected chi connectivity index (χ0v) is 14.8. The van der Waals surface area contributed by atoms with E-state index in [0.29, 0.717) is 16.9 Å². The third-order valence-corrected chi connectivity index (χ3v) is 3.76. The quantitative estimate of drug-likeness (QED) is 0.325. The van der Waals surface area contributed by atoms with E-state index in [-0.39, 0.29) is 5.91 Å². The number of esters is 1. The van der Waals surface area contributed by atoms with E-state index in [1.54, 1.807) is 60.7 Å². The lowest BCUT2D eigenvalue weighted by molar-refractivity contribution is 0.0734. The topological polar surface area (TPSA) is 67.8 Å². The molecule has 5 heteroatoms. The minimum Gasteiger partial charge on any atom is -0.423 e. The lowest BCUT2D eigenvalue weighted by Gasteiger charge is -2.05. The van der Waals surface area contributed by atoms with Gasteiger partial charge in [-0.1, -0.05) is 35.9 Å². The predicted octanol–water partition coefficient (Wildman–Crippen LogP) is 3.98. The molecule has 0 unspecified atom stereocenters. The van der Waals surface area contributed by atoms with Gasteiger partial charge in [0.1, 0.15) is 5.75 Å². The van der Waals surface area contributed by atoms with Crippen molar-refractivity contribution in [1.82, 2.24) is 5.43 Å². The molecule has 0 spiro atoms. The number of aryl methyl sites for hydroxylation is 1. The molecule has 0 atom stereocenters. The molecule has 134 valence electrons. The molecule has 0 aromatic heterocycles. The van der Waals surface area contributed by atoms with Gasteiger partial charge in [0.05, 0.1) is 11.8 Å². The van der Waals surface area contributed by atoms with Crippen LogP contribution in [-0.2, 0) is 0 Å². The van der Waals surface area contributed by atoms with Gasteiger partial charge in [-0.05, 0) is 61.0 Å². The Morgan fingerprint density at radius 2 is 1.59 bits per heavy atom. The van der Waals surface area contributed by atoms with Crippen LogP contribution in [0.15, 0.2) is 84.0 Å². The van der Waals surface area contributed by atoms with Gasteiger partial charge < -0.3 is 4.74 Å². The smallest absolute Gasteiger partial charge is 0.343 e. The van der Waals surface area contributed by atoms with Gasteiger partial charge in [-0.2, -0.15) is 5.10 Å². The van der Waals surface area contributed by atoms with Gasteiger partial charge in [0.15, 0.2) is 0 Å². The molecule has 0 saturated heterocycles. The molecular formula is C22H18N2O3. The Morgan fingerprint density at radius 3 is 2.30 bits per heavy atom. The number of hydrogen-bond acceptors (Lipinski definition) is 4. The van der Waals surface area contributed by atoms with Gasteiger partial charge >= 0.3 is 5.97 Å². The van der Waals surface area contributed by atoms with Crippen LogP contribution in [0.1, 0.15) is 31.8 Å². The number of hydrazone groups is 1. The maximum atomic E-state index is 12.1. The van der Waals surface area contributed by atoms with Gasteiger partial charge in [-0.25, -0.2) is 10.2 Å². The molecule has 0 heterocycles. The Labute approximate surface area is 157 Å². The van der Waals surface area contributed by atoms with Gasteiger partial charge in [0, 0.05) is 5.56 Å². The number of benzene rings is 3. The molecule has 5 nitrogen and oxygen atoms in total. The van der Waals surface area contributed by atoms with Gasteiger partial charge in [-0.3, -0.25) is 4.79 Å². The fourth-order valence-electron chi connectivity index (χ4n) is 2.38. The van der Waals surface area contributed by atoms with Crippen molar-refractivity contribution in [3.63, 3.8) is 0 Å². The minimum absolute atomic E-state index is 0.282. The van der Waals surface area contributed by atoms with E-state index in [9.17, 15) is 9.59 Å². The second kappa shape index (κ2) is 8.58. The van der Waals surface area contributed by atoms with Crippen molar-refractivity contribution in [3.8, 4) is 5.75 Å². The van der Waals surface area contributed by atoms with Crippen molar-refractivity contribution in [3.05, 3.63) is 101 Å². The number of nitrogens with zero attached hydrogens (tertiary/aromatic N) is 1. The summed E-state index contributed by atoms with van der Waals surface area (Å²) < 4.78 is 5.36. The average Bonchev–Trinajstić information content (AvgIpc) is 2.70. The average molecular weight is 358 g/mol. The number of hydrogen-bond donors (Lipinski definition) is 1. The van der Waals surface area contributed by atoms with E-state index in [0.717, 1.165) is 11.1 Å². The van der Waals surface area contributed by atoms with E-state index in [1.165, 1.54) is 6.21 Å². The predicted molar refractivity (Wildman–Crippen MR) is 104 cm³/mol. The highest BCUT2D eigenvalue weighted by atomic mass is 16.5. The van der Waals surface area contributed by atoms with E-state index in [2.05, 4.69) is 10.5 Å². The minimum atomic E-state index is -0.407. The van der Waals surface area contributed by atoms with Crippen LogP contribution in [0.4, 0.5) is 0 Å². The summed E-state index contributed by atoms with van der Waals surface area (Å²) in [5.74, 6) is -0.252. The first kappa shape index (κ1) is 18.1. The van der Waals surface area contributed by atoms with E-state index in [4.69, 9.17) is 4.74 Å². The van der Waals surface area contributed by atoms with Crippen molar-refractivity contribution in [2.75, 3.05) is 0 Å². The number of nitrogens with one attached hydrogen (secondary N) is 1. The normalized spacial score (nSPS) is 10.6. The highest BCUT2D eigenvalue weighted by Crippen LogP contribution is 2.14. The van der Waals surface area contributed by atoms with Crippen molar-refractivity contribution in [2.24, 2.45) is 5.10 Å². The molecule has 0 aliphatic carbocycles. The summed E-state index contributed by atoms with van der Waals surface area (Å²) in [5, 5.41) is 3.93. The summed E-state index contributed by atoms with van der Waals surface area (Å²) in [6.45, 7) is 1.92. The summed E-state index contributed by atoms with van der Waals surface area (Å²) in [6, 6.07) is 22.9. The second-order valence-corrected chi connectivity index (χ2v) is 5.89. The van der Waals surface area contributed by atoms with Crippen LogP contribution in [0.3, 0.4) is 0 Å². The lowest BCUT2D eigenvalue weighted by atomic mass is 10.1. The number of carbonyl (C=O) groups excluding carboxylic acids is 2. The summed E-state index contributed by atoms with van der Waals surface area (Å²) in [6.07, 6.45) is 1.52. The molecule has 3 aromatic rings. The molecule has 3 aromatic carbocycles. The first-order valence-corrected chi connectivity index (χ1v) is 8.39. The molecule has 0 aliphatic rings. The molecule has 0 aliphatic heterocycles. The second-order valence-electron chi connectivity index (χ2n) is 5.89. The Balaban J connectivity index is 1.57. The number of ether oxygens (including phenoxy) is 1. The van der Waals surface area contributed by atoms with Gasteiger partial charge in [0.25, 0.3) is 5.91 Å². The maximum Gasteiger partial charge on any atom is 0.343 e. The van der Waals surface area contributed by atoms with Crippen LogP contribution in [0.5, 0.6) is 5.75 Å². The molecule has 3 rings (SSSR count). The fourth-order valence-corrected chi connectivity index (χ4v) is 2.38. The molecule has 0 radical (unpaired) electrons. The first-order chi connectivity index (χ1) is 13.1. The van der Waals surface area contributed by atoms with Crippen molar-refractivity contribution in [1.29, 1.82) is 0 Å². The third kappa shape index (κ3) is 5.12. The van der Waals surface area contributed by atoms with Crippen molar-refractivity contribution < 1.29 is 14.3 Å². The van der Waals surface area contributed by atoms with Gasteiger partial charge in [-0.15, -0.1) is 0 Å². The molecule has 0 bridgehead atoms. The Bertz CT molecular complexity index is 964. The van der Waals surface area contributed by atoms with Crippen LogP contribution >= 0.6 is 0 Å². The Hall–Kier alpha value is -3.73. The van der Waals surface area contributed by atoms with Crippen molar-refractivity contribution >= 4 is 18.1 Å². The fraction of sp³-hybridized carbons (Fsp3) is 0.0455. The summed E-state index contributed by atoms with van der Waals surface area (Å²) in [4.78, 5) is 24.0. The van der Waals surface area contributed by atoms with Gasteiger partial charge in [0.2, 0.25) is 0 Å². The maximum absolute atomic E-state index is 12.1. The van der Waals surface area contributed by atoms with Crippen LogP contribution in [0, 0.1) is 6.92 Å². The monoisotopic (exact) mass is 358 g/mol. The zero-order chi connectivity index (χ0) is 19.1. The first-order valence-electron chi connectivity index (χ1n) is 8.39. The highest BCUT2D eigenvalue weighted by Gasteiger charge is 2.08. The highest BCUT2D eigenvalue weighted by molar-refractivity contribution is 5.95. The van der Waals surface area contributed by atoms with Crippen LogP contribution in [0.2, 0.25) is 0 Å². The number of rotatable bonds is 5. The molecule has 27 heavy (non-hydrogen) atoms. The number of carbonyl (C=O) groups is 2. The zero-order valence-electron chi connectivity index (χ0n) is 14.8. The standard InChI is InChI=1S/C22H18N2O3/c1-16-6-5-9-19(14-16)22(26)27-20-12-10-17(11-13-20)15-23-24-21(25)18-7-3-2-4-8-18/h2-15H,1H3,(H,24,25)/b23-15+. The summed E-state index contributed by atoms with van der Waals surface area (Å²) >= 11 is 0. The lowest BCUT2D eigenvalue weighted by Crippen LogP contribution is -2.17. The number of amides is 1. The Kier molecular flexibility index (Phi) is 5.74. The van der Waals surface area contributed by atoms with Crippen LogP contribution in [-0.4, -0.2) is 18.1 Å². The molecular weight excluding hydrogens is 340 g/mol. The SMILES string of the molecule is Cc1cccc(C(=O)Oc2ccc(/C=N/NC(=O)c3ccccc3)cc2)c1. The Morgan fingerprint density at radius 1 is 0.889 bits per heavy atom. The molecule has 0 fully saturated rings. The third-order valence-electron chi connectivity index (χ3n) is 3.76.